The van der Waals surface area contributed by atoms with Crippen LogP contribution in [0, 0.1) is 5.92 Å². The van der Waals surface area contributed by atoms with Crippen LogP contribution in [0.4, 0.5) is 5.69 Å². The third-order valence-corrected chi connectivity index (χ3v) is 3.56. The lowest BCUT2D eigenvalue weighted by Gasteiger charge is -2.03. The average Bonchev–Trinajstić information content (AvgIpc) is 3.02. The molecule has 0 radical (unpaired) electrons. The van der Waals surface area contributed by atoms with E-state index in [-0.39, 0.29) is 5.92 Å². The van der Waals surface area contributed by atoms with Crippen LogP contribution >= 0.6 is 0 Å². The maximum atomic E-state index is 5.44. The Morgan fingerprint density at radius 3 is 3.05 bits per heavy atom. The number of fused-ring (bicyclic) bond motifs is 1. The van der Waals surface area contributed by atoms with Crippen molar-refractivity contribution in [1.29, 1.82) is 0 Å². The molecule has 1 atom stereocenters. The predicted octanol–water partition coefficient (Wildman–Crippen LogP) is 3.22. The molecule has 0 bridgehead atoms. The van der Waals surface area contributed by atoms with Gasteiger partial charge in [-0.1, -0.05) is 37.2 Å². The van der Waals surface area contributed by atoms with Gasteiger partial charge in [-0.15, -0.1) is 0 Å². The maximum Gasteiger partial charge on any atom is 0.236 e. The highest BCUT2D eigenvalue weighted by molar-refractivity contribution is 5.59. The standard InChI is InChI=1S/C15H19N3O/c1-10(2)7-8-14-17-15(19-18-14)12-9-16-13-6-4-3-5-11(12)13/h3-6,10,12,16H,7-9H2,1-2H3. The summed E-state index contributed by atoms with van der Waals surface area (Å²) in [7, 11) is 0. The van der Waals surface area contributed by atoms with Gasteiger partial charge in [0.2, 0.25) is 5.89 Å². The average molecular weight is 257 g/mol. The van der Waals surface area contributed by atoms with E-state index in [1.165, 1.54) is 11.3 Å². The minimum atomic E-state index is 0.191. The van der Waals surface area contributed by atoms with Crippen molar-refractivity contribution in [2.75, 3.05) is 11.9 Å². The van der Waals surface area contributed by atoms with Crippen molar-refractivity contribution in [3.05, 3.63) is 41.5 Å². The van der Waals surface area contributed by atoms with Gasteiger partial charge in [-0.05, 0) is 24.0 Å². The molecule has 1 aromatic heterocycles. The number of nitrogens with zero attached hydrogens (tertiary/aromatic N) is 2. The first-order valence-corrected chi connectivity index (χ1v) is 6.89. The van der Waals surface area contributed by atoms with Crippen LogP contribution < -0.4 is 5.32 Å². The van der Waals surface area contributed by atoms with E-state index in [9.17, 15) is 0 Å². The van der Waals surface area contributed by atoms with Gasteiger partial charge in [-0.2, -0.15) is 4.98 Å². The van der Waals surface area contributed by atoms with Crippen LogP contribution in [0.25, 0.3) is 0 Å². The minimum absolute atomic E-state index is 0.191. The normalized spacial score (nSPS) is 17.5. The lowest BCUT2D eigenvalue weighted by molar-refractivity contribution is 0.364. The van der Waals surface area contributed by atoms with Gasteiger partial charge in [0.05, 0.1) is 5.92 Å². The number of aryl methyl sites for hydroxylation is 1. The van der Waals surface area contributed by atoms with Gasteiger partial charge >= 0.3 is 0 Å². The van der Waals surface area contributed by atoms with Crippen molar-refractivity contribution in [3.8, 4) is 0 Å². The van der Waals surface area contributed by atoms with E-state index in [1.807, 2.05) is 6.07 Å². The number of rotatable bonds is 4. The fourth-order valence-corrected chi connectivity index (χ4v) is 2.43. The van der Waals surface area contributed by atoms with Gasteiger partial charge in [0.15, 0.2) is 5.82 Å². The van der Waals surface area contributed by atoms with E-state index in [2.05, 4.69) is 47.5 Å². The van der Waals surface area contributed by atoms with E-state index in [4.69, 9.17) is 4.52 Å². The number of anilines is 1. The van der Waals surface area contributed by atoms with Crippen molar-refractivity contribution >= 4 is 5.69 Å². The quantitative estimate of drug-likeness (QED) is 0.913. The zero-order valence-electron chi connectivity index (χ0n) is 11.4. The Kier molecular flexibility index (Phi) is 3.23. The summed E-state index contributed by atoms with van der Waals surface area (Å²) in [5.41, 5.74) is 2.43. The number of hydrogen-bond donors (Lipinski definition) is 1. The van der Waals surface area contributed by atoms with E-state index in [0.717, 1.165) is 31.1 Å². The molecular weight excluding hydrogens is 238 g/mol. The molecule has 0 fully saturated rings. The lowest BCUT2D eigenvalue weighted by atomic mass is 10.0. The van der Waals surface area contributed by atoms with Crippen LogP contribution in [0.2, 0.25) is 0 Å². The number of nitrogens with one attached hydrogen (secondary N) is 1. The first-order valence-electron chi connectivity index (χ1n) is 6.89. The van der Waals surface area contributed by atoms with Gasteiger partial charge in [0.1, 0.15) is 0 Å². The Hall–Kier alpha value is -1.84. The van der Waals surface area contributed by atoms with Gasteiger partial charge in [0.25, 0.3) is 0 Å². The number of benzene rings is 1. The molecule has 0 saturated heterocycles. The zero-order chi connectivity index (χ0) is 13.2. The molecule has 2 heterocycles. The van der Waals surface area contributed by atoms with E-state index in [1.54, 1.807) is 0 Å². The lowest BCUT2D eigenvalue weighted by Crippen LogP contribution is -2.04. The summed E-state index contributed by atoms with van der Waals surface area (Å²) in [4.78, 5) is 4.55. The van der Waals surface area contributed by atoms with Gasteiger partial charge in [-0.25, -0.2) is 0 Å². The molecule has 100 valence electrons. The maximum absolute atomic E-state index is 5.44. The molecule has 4 heteroatoms. The van der Waals surface area contributed by atoms with E-state index >= 15 is 0 Å². The minimum Gasteiger partial charge on any atom is -0.384 e. The second kappa shape index (κ2) is 5.03. The summed E-state index contributed by atoms with van der Waals surface area (Å²) in [6, 6.07) is 8.30. The van der Waals surface area contributed by atoms with Gasteiger partial charge in [0, 0.05) is 18.7 Å². The van der Waals surface area contributed by atoms with Crippen molar-refractivity contribution in [2.45, 2.75) is 32.6 Å². The molecule has 3 rings (SSSR count). The monoisotopic (exact) mass is 257 g/mol. The van der Waals surface area contributed by atoms with Crippen molar-refractivity contribution in [2.24, 2.45) is 5.92 Å². The largest absolute Gasteiger partial charge is 0.384 e. The summed E-state index contributed by atoms with van der Waals surface area (Å²) in [5.74, 6) is 2.41. The molecule has 0 aliphatic carbocycles. The molecule has 0 saturated carbocycles. The van der Waals surface area contributed by atoms with Crippen molar-refractivity contribution in [1.82, 2.24) is 10.1 Å². The SMILES string of the molecule is CC(C)CCc1noc(C2CNc3ccccc32)n1. The Bertz CT molecular complexity index is 562. The first kappa shape index (κ1) is 12.2. The fraction of sp³-hybridized carbons (Fsp3) is 0.467. The Morgan fingerprint density at radius 2 is 2.21 bits per heavy atom. The third kappa shape index (κ3) is 2.48. The van der Waals surface area contributed by atoms with E-state index < -0.39 is 0 Å². The summed E-state index contributed by atoms with van der Waals surface area (Å²) < 4.78 is 5.44. The first-order chi connectivity index (χ1) is 9.24. The highest BCUT2D eigenvalue weighted by Crippen LogP contribution is 2.34. The Balaban J connectivity index is 1.77. The Labute approximate surface area is 113 Å². The molecule has 19 heavy (non-hydrogen) atoms. The van der Waals surface area contributed by atoms with Crippen LogP contribution in [0.5, 0.6) is 0 Å². The van der Waals surface area contributed by atoms with Crippen LogP contribution in [-0.2, 0) is 6.42 Å². The highest BCUT2D eigenvalue weighted by Gasteiger charge is 2.28. The highest BCUT2D eigenvalue weighted by atomic mass is 16.5. The molecule has 1 aromatic carbocycles. The summed E-state index contributed by atoms with van der Waals surface area (Å²) in [6.45, 7) is 5.25. The molecule has 0 amide bonds. The van der Waals surface area contributed by atoms with Gasteiger partial charge < -0.3 is 9.84 Å². The van der Waals surface area contributed by atoms with Crippen LogP contribution in [-0.4, -0.2) is 16.7 Å². The van der Waals surface area contributed by atoms with Gasteiger partial charge in [-0.3, -0.25) is 0 Å². The number of para-hydroxylation sites is 1. The number of aromatic nitrogens is 2. The smallest absolute Gasteiger partial charge is 0.236 e. The Morgan fingerprint density at radius 1 is 1.37 bits per heavy atom. The topological polar surface area (TPSA) is 51.0 Å². The van der Waals surface area contributed by atoms with Crippen LogP contribution in [0.1, 0.15) is 43.5 Å². The molecule has 1 aliphatic heterocycles. The number of hydrogen-bond acceptors (Lipinski definition) is 4. The molecule has 1 N–H and O–H groups in total. The molecule has 1 aliphatic rings. The fourth-order valence-electron chi connectivity index (χ4n) is 2.43. The summed E-state index contributed by atoms with van der Waals surface area (Å²) in [5, 5.41) is 7.47. The van der Waals surface area contributed by atoms with Crippen LogP contribution in [0.15, 0.2) is 28.8 Å². The van der Waals surface area contributed by atoms with Crippen LogP contribution in [0.3, 0.4) is 0 Å². The van der Waals surface area contributed by atoms with E-state index in [0.29, 0.717) is 5.92 Å². The third-order valence-electron chi connectivity index (χ3n) is 3.56. The van der Waals surface area contributed by atoms with Crippen molar-refractivity contribution in [3.63, 3.8) is 0 Å². The molecule has 0 spiro atoms. The van der Waals surface area contributed by atoms with Crippen molar-refractivity contribution < 1.29 is 4.52 Å². The molecule has 1 unspecified atom stereocenters. The zero-order valence-corrected chi connectivity index (χ0v) is 11.4. The predicted molar refractivity (Wildman–Crippen MR) is 74.2 cm³/mol. The summed E-state index contributed by atoms with van der Waals surface area (Å²) in [6.07, 6.45) is 1.99. The second-order valence-corrected chi connectivity index (χ2v) is 5.50. The molecular formula is C15H19N3O. The second-order valence-electron chi connectivity index (χ2n) is 5.50. The summed E-state index contributed by atoms with van der Waals surface area (Å²) >= 11 is 0. The molecule has 2 aromatic rings. The molecule has 4 nitrogen and oxygen atoms in total.